The number of sulfone groups is 1. The second kappa shape index (κ2) is 7.73. The smallest absolute Gasteiger partial charge is 0.245 e. The number of nitrogens with one attached hydrogen (secondary N) is 4. The lowest BCUT2D eigenvalue weighted by atomic mass is 9.89. The molecule has 1 aromatic rings. The first-order chi connectivity index (χ1) is 12.1. The lowest BCUT2D eigenvalue weighted by molar-refractivity contribution is -0.123. The molecule has 1 aliphatic rings. The SMILES string of the molecule is CNC(=O)C(C)(NC)C(=N)c1ccc(S(C)(=O)=O)c(N2CCNCC2)c1. The Hall–Kier alpha value is -1.97. The standard InChI is InChI=1S/C17H27N5O3S/c1-17(20-3,16(23)19-2)15(18)12-5-6-14(26(4,24)25)13(11-12)22-9-7-21-8-10-22/h5-6,11,18,20-21H,7-10H2,1-4H3,(H,19,23). The van der Waals surface area contributed by atoms with Gasteiger partial charge in [0.2, 0.25) is 5.91 Å². The maximum Gasteiger partial charge on any atom is 0.245 e. The van der Waals surface area contributed by atoms with Crippen LogP contribution in [0.4, 0.5) is 5.69 Å². The molecule has 8 nitrogen and oxygen atoms in total. The van der Waals surface area contributed by atoms with Crippen LogP contribution in [0.25, 0.3) is 0 Å². The number of amides is 1. The summed E-state index contributed by atoms with van der Waals surface area (Å²) in [6, 6.07) is 4.81. The van der Waals surface area contributed by atoms with Crippen LogP contribution in [0.3, 0.4) is 0 Å². The first kappa shape index (κ1) is 20.3. The fourth-order valence-corrected chi connectivity index (χ4v) is 3.91. The molecule has 1 heterocycles. The van der Waals surface area contributed by atoms with Crippen molar-refractivity contribution in [3.63, 3.8) is 0 Å². The van der Waals surface area contributed by atoms with Crippen LogP contribution < -0.4 is 20.9 Å². The fourth-order valence-electron chi connectivity index (χ4n) is 3.03. The Labute approximate surface area is 154 Å². The van der Waals surface area contributed by atoms with E-state index in [-0.39, 0.29) is 16.5 Å². The largest absolute Gasteiger partial charge is 0.368 e. The second-order valence-corrected chi connectivity index (χ2v) is 8.50. The molecule has 1 unspecified atom stereocenters. The highest BCUT2D eigenvalue weighted by atomic mass is 32.2. The molecule has 0 aromatic heterocycles. The van der Waals surface area contributed by atoms with Crippen LogP contribution in [-0.2, 0) is 14.6 Å². The van der Waals surface area contributed by atoms with Crippen LogP contribution in [0.15, 0.2) is 23.1 Å². The van der Waals surface area contributed by atoms with E-state index in [0.717, 1.165) is 13.1 Å². The van der Waals surface area contributed by atoms with Gasteiger partial charge in [-0.25, -0.2) is 8.42 Å². The molecule has 0 radical (unpaired) electrons. The predicted molar refractivity (Wildman–Crippen MR) is 103 cm³/mol. The summed E-state index contributed by atoms with van der Waals surface area (Å²) in [5.74, 6) is -0.332. The van der Waals surface area contributed by atoms with Crippen molar-refractivity contribution in [1.29, 1.82) is 5.41 Å². The van der Waals surface area contributed by atoms with Gasteiger partial charge < -0.3 is 26.3 Å². The molecular weight excluding hydrogens is 354 g/mol. The van der Waals surface area contributed by atoms with Crippen molar-refractivity contribution >= 4 is 27.1 Å². The summed E-state index contributed by atoms with van der Waals surface area (Å²) in [5.41, 5.74) is -0.0593. The number of nitrogens with zero attached hydrogens (tertiary/aromatic N) is 1. The normalized spacial score (nSPS) is 17.5. The Kier molecular flexibility index (Phi) is 6.05. The first-order valence-electron chi connectivity index (χ1n) is 8.45. The molecule has 1 saturated heterocycles. The minimum atomic E-state index is -3.41. The van der Waals surface area contributed by atoms with E-state index in [4.69, 9.17) is 5.41 Å². The fraction of sp³-hybridized carbons (Fsp3) is 0.529. The molecular formula is C17H27N5O3S. The minimum Gasteiger partial charge on any atom is -0.368 e. The van der Waals surface area contributed by atoms with E-state index in [2.05, 4.69) is 16.0 Å². The van der Waals surface area contributed by atoms with Crippen molar-refractivity contribution in [3.8, 4) is 0 Å². The van der Waals surface area contributed by atoms with E-state index in [9.17, 15) is 13.2 Å². The van der Waals surface area contributed by atoms with Crippen molar-refractivity contribution in [2.45, 2.75) is 17.4 Å². The van der Waals surface area contributed by atoms with Gasteiger partial charge in [-0.3, -0.25) is 4.79 Å². The van der Waals surface area contributed by atoms with Crippen LogP contribution in [0.5, 0.6) is 0 Å². The number of rotatable bonds is 6. The van der Waals surface area contributed by atoms with Gasteiger partial charge in [0, 0.05) is 39.5 Å². The third kappa shape index (κ3) is 3.89. The molecule has 1 amide bonds. The summed E-state index contributed by atoms with van der Waals surface area (Å²) >= 11 is 0. The summed E-state index contributed by atoms with van der Waals surface area (Å²) in [5, 5.41) is 17.2. The zero-order valence-corrected chi connectivity index (χ0v) is 16.5. The zero-order chi connectivity index (χ0) is 19.5. The summed E-state index contributed by atoms with van der Waals surface area (Å²) in [7, 11) is -0.280. The van der Waals surface area contributed by atoms with Gasteiger partial charge in [-0.2, -0.15) is 0 Å². The Morgan fingerprint density at radius 3 is 2.38 bits per heavy atom. The van der Waals surface area contributed by atoms with Crippen molar-refractivity contribution in [2.75, 3.05) is 51.4 Å². The Balaban J connectivity index is 2.54. The van der Waals surface area contributed by atoms with Crippen molar-refractivity contribution < 1.29 is 13.2 Å². The van der Waals surface area contributed by atoms with E-state index in [1.54, 1.807) is 26.1 Å². The minimum absolute atomic E-state index is 0.0794. The lowest BCUT2D eigenvalue weighted by Crippen LogP contribution is -2.58. The summed E-state index contributed by atoms with van der Waals surface area (Å²) in [6.07, 6.45) is 1.18. The molecule has 0 bridgehead atoms. The van der Waals surface area contributed by atoms with Crippen LogP contribution in [-0.4, -0.2) is 72.1 Å². The van der Waals surface area contributed by atoms with Crippen molar-refractivity contribution in [2.24, 2.45) is 0 Å². The van der Waals surface area contributed by atoms with Gasteiger partial charge in [-0.1, -0.05) is 6.07 Å². The molecule has 1 atom stereocenters. The van der Waals surface area contributed by atoms with Crippen LogP contribution in [0, 0.1) is 5.41 Å². The zero-order valence-electron chi connectivity index (χ0n) is 15.6. The molecule has 0 aliphatic carbocycles. The van der Waals surface area contributed by atoms with Gasteiger partial charge in [0.25, 0.3) is 0 Å². The molecule has 2 rings (SSSR count). The number of likely N-dealkylation sites (N-methyl/N-ethyl adjacent to an activating group) is 2. The number of hydrogen-bond donors (Lipinski definition) is 4. The van der Waals surface area contributed by atoms with E-state index in [1.807, 2.05) is 4.90 Å². The van der Waals surface area contributed by atoms with Gasteiger partial charge in [-0.05, 0) is 31.7 Å². The molecule has 4 N–H and O–H groups in total. The highest BCUT2D eigenvalue weighted by Gasteiger charge is 2.37. The highest BCUT2D eigenvalue weighted by Crippen LogP contribution is 2.28. The van der Waals surface area contributed by atoms with Crippen LogP contribution >= 0.6 is 0 Å². The van der Waals surface area contributed by atoms with E-state index < -0.39 is 15.4 Å². The average molecular weight is 382 g/mol. The number of carbonyl (C=O) groups excluding carboxylic acids is 1. The maximum absolute atomic E-state index is 12.3. The second-order valence-electron chi connectivity index (χ2n) is 6.52. The number of carbonyl (C=O) groups is 1. The predicted octanol–water partition coefficient (Wildman–Crippen LogP) is -0.408. The van der Waals surface area contributed by atoms with Gasteiger partial charge in [-0.15, -0.1) is 0 Å². The van der Waals surface area contributed by atoms with Gasteiger partial charge >= 0.3 is 0 Å². The lowest BCUT2D eigenvalue weighted by Gasteiger charge is -2.32. The molecule has 0 spiro atoms. The van der Waals surface area contributed by atoms with E-state index >= 15 is 0 Å². The van der Waals surface area contributed by atoms with Crippen LogP contribution in [0.1, 0.15) is 12.5 Å². The summed E-state index contributed by atoms with van der Waals surface area (Å²) < 4.78 is 24.4. The van der Waals surface area contributed by atoms with E-state index in [0.29, 0.717) is 24.3 Å². The molecule has 9 heteroatoms. The molecule has 1 aromatic carbocycles. The molecule has 0 saturated carbocycles. The number of benzene rings is 1. The number of hydrogen-bond acceptors (Lipinski definition) is 7. The third-order valence-corrected chi connectivity index (χ3v) is 5.93. The first-order valence-corrected chi connectivity index (χ1v) is 10.3. The Morgan fingerprint density at radius 2 is 1.88 bits per heavy atom. The van der Waals surface area contributed by atoms with Crippen LogP contribution in [0.2, 0.25) is 0 Å². The van der Waals surface area contributed by atoms with Crippen molar-refractivity contribution in [3.05, 3.63) is 23.8 Å². The summed E-state index contributed by atoms with van der Waals surface area (Å²) in [6.45, 7) is 4.51. The number of anilines is 1. The maximum atomic E-state index is 12.3. The summed E-state index contributed by atoms with van der Waals surface area (Å²) in [4.78, 5) is 14.5. The molecule has 26 heavy (non-hydrogen) atoms. The monoisotopic (exact) mass is 381 g/mol. The highest BCUT2D eigenvalue weighted by molar-refractivity contribution is 7.90. The van der Waals surface area contributed by atoms with Gasteiger partial charge in [0.15, 0.2) is 9.84 Å². The topological polar surface area (TPSA) is 114 Å². The van der Waals surface area contributed by atoms with Crippen molar-refractivity contribution in [1.82, 2.24) is 16.0 Å². The molecule has 144 valence electrons. The quantitative estimate of drug-likeness (QED) is 0.498. The number of piperazine rings is 1. The Morgan fingerprint density at radius 1 is 1.27 bits per heavy atom. The van der Waals surface area contributed by atoms with E-state index in [1.165, 1.54) is 19.4 Å². The van der Waals surface area contributed by atoms with Gasteiger partial charge in [0.1, 0.15) is 5.54 Å². The third-order valence-electron chi connectivity index (χ3n) is 4.79. The molecule has 1 fully saturated rings. The average Bonchev–Trinajstić information content (AvgIpc) is 2.65. The molecule has 1 aliphatic heterocycles. The Bertz CT molecular complexity index is 803. The van der Waals surface area contributed by atoms with Gasteiger partial charge in [0.05, 0.1) is 16.3 Å².